The van der Waals surface area contributed by atoms with Crippen molar-refractivity contribution in [3.8, 4) is 23.0 Å². The minimum Gasteiger partial charge on any atom is -0.508 e. The smallest absolute Gasteiger partial charge is 0.170 e. The average Bonchev–Trinajstić information content (AvgIpc) is 2.58. The molecule has 1 heterocycles. The molecule has 2 aromatic carbocycles. The Hall–Kier alpha value is -2.95. The van der Waals surface area contributed by atoms with E-state index in [0.717, 1.165) is 5.56 Å². The van der Waals surface area contributed by atoms with E-state index in [1.807, 2.05) is 0 Å². The SMILES string of the molecule is C=CCc1c(O)ccc2c1OC(c1ccc(O)c(OC)c1)CC2=O. The van der Waals surface area contributed by atoms with Gasteiger partial charge in [-0.2, -0.15) is 0 Å². The number of ether oxygens (including phenoxy) is 2. The number of ketones is 1. The molecule has 1 atom stereocenters. The number of hydrogen-bond donors (Lipinski definition) is 2. The Labute approximate surface area is 139 Å². The molecule has 0 bridgehead atoms. The third-order valence-corrected chi connectivity index (χ3v) is 4.09. The lowest BCUT2D eigenvalue weighted by Crippen LogP contribution is -2.21. The topological polar surface area (TPSA) is 76.0 Å². The Morgan fingerprint density at radius 1 is 1.29 bits per heavy atom. The van der Waals surface area contributed by atoms with Gasteiger partial charge in [-0.25, -0.2) is 0 Å². The molecule has 0 saturated carbocycles. The second-order valence-corrected chi connectivity index (χ2v) is 5.60. The van der Waals surface area contributed by atoms with Gasteiger partial charge in [0.15, 0.2) is 17.3 Å². The molecule has 0 amide bonds. The minimum absolute atomic E-state index is 0.0220. The zero-order valence-electron chi connectivity index (χ0n) is 13.3. The van der Waals surface area contributed by atoms with Gasteiger partial charge in [0, 0.05) is 5.56 Å². The van der Waals surface area contributed by atoms with Gasteiger partial charge in [-0.05, 0) is 36.2 Å². The molecule has 5 nitrogen and oxygen atoms in total. The Morgan fingerprint density at radius 2 is 2.04 bits per heavy atom. The predicted molar refractivity (Wildman–Crippen MR) is 89.0 cm³/mol. The fourth-order valence-electron chi connectivity index (χ4n) is 2.86. The van der Waals surface area contributed by atoms with Gasteiger partial charge < -0.3 is 19.7 Å². The van der Waals surface area contributed by atoms with Gasteiger partial charge in [-0.3, -0.25) is 4.79 Å². The van der Waals surface area contributed by atoms with E-state index in [2.05, 4.69) is 6.58 Å². The lowest BCUT2D eigenvalue weighted by molar-refractivity contribution is 0.0847. The second kappa shape index (κ2) is 6.28. The standard InChI is InChI=1S/C19H18O5/c1-3-4-12-14(20)8-6-13-16(22)10-17(24-19(12)13)11-5-7-15(21)18(9-11)23-2/h3,5-9,17,20-21H,1,4,10H2,2H3. The van der Waals surface area contributed by atoms with E-state index < -0.39 is 6.10 Å². The molecule has 0 saturated heterocycles. The van der Waals surface area contributed by atoms with Crippen LogP contribution < -0.4 is 9.47 Å². The normalized spacial score (nSPS) is 16.2. The number of rotatable bonds is 4. The van der Waals surface area contributed by atoms with Crippen molar-refractivity contribution in [2.24, 2.45) is 0 Å². The van der Waals surface area contributed by atoms with E-state index in [4.69, 9.17) is 9.47 Å². The van der Waals surface area contributed by atoms with E-state index in [1.165, 1.54) is 19.2 Å². The van der Waals surface area contributed by atoms with Gasteiger partial charge in [0.05, 0.1) is 19.1 Å². The Bertz CT molecular complexity index is 810. The van der Waals surface area contributed by atoms with Crippen LogP contribution in [0.15, 0.2) is 43.0 Å². The van der Waals surface area contributed by atoms with Crippen molar-refractivity contribution in [3.63, 3.8) is 0 Å². The first-order valence-corrected chi connectivity index (χ1v) is 7.57. The maximum Gasteiger partial charge on any atom is 0.170 e. The van der Waals surface area contributed by atoms with Gasteiger partial charge >= 0.3 is 0 Å². The van der Waals surface area contributed by atoms with Crippen molar-refractivity contribution < 1.29 is 24.5 Å². The summed E-state index contributed by atoms with van der Waals surface area (Å²) in [6.45, 7) is 3.68. The summed E-state index contributed by atoms with van der Waals surface area (Å²) in [5, 5.41) is 19.8. The zero-order chi connectivity index (χ0) is 17.3. The van der Waals surface area contributed by atoms with Crippen molar-refractivity contribution >= 4 is 5.78 Å². The lowest BCUT2D eigenvalue weighted by atomic mass is 9.93. The molecule has 3 rings (SSSR count). The highest BCUT2D eigenvalue weighted by atomic mass is 16.5. The number of fused-ring (bicyclic) bond motifs is 1. The molecule has 1 aliphatic rings. The Balaban J connectivity index is 2.03. The fourth-order valence-corrected chi connectivity index (χ4v) is 2.86. The summed E-state index contributed by atoms with van der Waals surface area (Å²) >= 11 is 0. The molecule has 0 spiro atoms. The van der Waals surface area contributed by atoms with Crippen molar-refractivity contribution in [2.45, 2.75) is 18.9 Å². The summed E-state index contributed by atoms with van der Waals surface area (Å²) in [5.74, 6) is 0.748. The maximum atomic E-state index is 12.5. The first-order valence-electron chi connectivity index (χ1n) is 7.57. The number of hydrogen-bond acceptors (Lipinski definition) is 5. The quantitative estimate of drug-likeness (QED) is 0.841. The van der Waals surface area contributed by atoms with Gasteiger partial charge in [0.25, 0.3) is 0 Å². The summed E-state index contributed by atoms with van der Waals surface area (Å²) in [6, 6.07) is 7.92. The van der Waals surface area contributed by atoms with Gasteiger partial charge in [-0.1, -0.05) is 12.1 Å². The first kappa shape index (κ1) is 15.9. The van der Waals surface area contributed by atoms with E-state index in [-0.39, 0.29) is 23.7 Å². The minimum atomic E-state index is -0.509. The number of allylic oxidation sites excluding steroid dienone is 1. The molecular formula is C19H18O5. The molecule has 0 fully saturated rings. The molecule has 2 N–H and O–H groups in total. The number of phenols is 2. The molecule has 1 aliphatic heterocycles. The van der Waals surface area contributed by atoms with Crippen LogP contribution in [0, 0.1) is 0 Å². The van der Waals surface area contributed by atoms with E-state index in [1.54, 1.807) is 24.3 Å². The summed E-state index contributed by atoms with van der Waals surface area (Å²) < 4.78 is 11.1. The van der Waals surface area contributed by atoms with Crippen LogP contribution in [0.25, 0.3) is 0 Å². The van der Waals surface area contributed by atoms with Gasteiger partial charge in [0.2, 0.25) is 0 Å². The van der Waals surface area contributed by atoms with Crippen LogP contribution in [-0.2, 0) is 6.42 Å². The van der Waals surface area contributed by atoms with Crippen LogP contribution in [0.4, 0.5) is 0 Å². The third kappa shape index (κ3) is 2.69. The van der Waals surface area contributed by atoms with Crippen molar-refractivity contribution in [2.75, 3.05) is 7.11 Å². The Morgan fingerprint density at radius 3 is 2.75 bits per heavy atom. The average molecular weight is 326 g/mol. The molecule has 5 heteroatoms. The number of methoxy groups -OCH3 is 1. The molecule has 24 heavy (non-hydrogen) atoms. The first-order chi connectivity index (χ1) is 11.5. The summed E-state index contributed by atoms with van der Waals surface area (Å²) in [5.41, 5.74) is 1.73. The summed E-state index contributed by atoms with van der Waals surface area (Å²) in [7, 11) is 1.46. The number of aromatic hydroxyl groups is 2. The maximum absolute atomic E-state index is 12.5. The molecule has 0 radical (unpaired) electrons. The zero-order valence-corrected chi connectivity index (χ0v) is 13.3. The van der Waals surface area contributed by atoms with Gasteiger partial charge in [0.1, 0.15) is 17.6 Å². The molecule has 0 aromatic heterocycles. The number of phenolic OH excluding ortho intramolecular Hbond substituents is 2. The van der Waals surface area contributed by atoms with Crippen LogP contribution in [0.2, 0.25) is 0 Å². The van der Waals surface area contributed by atoms with Crippen LogP contribution >= 0.6 is 0 Å². The molecule has 0 aliphatic carbocycles. The highest BCUT2D eigenvalue weighted by molar-refractivity contribution is 6.00. The number of Topliss-reactive ketones (excluding diaryl/α,β-unsaturated/α-hetero) is 1. The number of benzene rings is 2. The summed E-state index contributed by atoms with van der Waals surface area (Å²) in [6.07, 6.45) is 1.72. The molecule has 2 aromatic rings. The lowest BCUT2D eigenvalue weighted by Gasteiger charge is -2.28. The molecular weight excluding hydrogens is 308 g/mol. The van der Waals surface area contributed by atoms with E-state index in [9.17, 15) is 15.0 Å². The van der Waals surface area contributed by atoms with Crippen LogP contribution in [0.1, 0.15) is 34.0 Å². The van der Waals surface area contributed by atoms with E-state index >= 15 is 0 Å². The predicted octanol–water partition coefficient (Wildman–Crippen LogP) is 3.54. The molecule has 124 valence electrons. The van der Waals surface area contributed by atoms with Crippen molar-refractivity contribution in [1.82, 2.24) is 0 Å². The third-order valence-electron chi connectivity index (χ3n) is 4.09. The largest absolute Gasteiger partial charge is 0.508 e. The highest BCUT2D eigenvalue weighted by Crippen LogP contribution is 2.42. The van der Waals surface area contributed by atoms with Crippen LogP contribution in [0.3, 0.4) is 0 Å². The highest BCUT2D eigenvalue weighted by Gasteiger charge is 2.30. The number of carbonyl (C=O) groups is 1. The number of carbonyl (C=O) groups excluding carboxylic acids is 1. The Kier molecular flexibility index (Phi) is 4.16. The van der Waals surface area contributed by atoms with Crippen LogP contribution in [-0.4, -0.2) is 23.1 Å². The van der Waals surface area contributed by atoms with Gasteiger partial charge in [-0.15, -0.1) is 6.58 Å². The summed E-state index contributed by atoms with van der Waals surface area (Å²) in [4.78, 5) is 12.5. The fraction of sp³-hybridized carbons (Fsp3) is 0.211. The molecule has 1 unspecified atom stereocenters. The van der Waals surface area contributed by atoms with Crippen molar-refractivity contribution in [1.29, 1.82) is 0 Å². The van der Waals surface area contributed by atoms with Crippen molar-refractivity contribution in [3.05, 3.63) is 59.7 Å². The monoisotopic (exact) mass is 326 g/mol. The van der Waals surface area contributed by atoms with E-state index in [0.29, 0.717) is 29.0 Å². The van der Waals surface area contributed by atoms with Crippen LogP contribution in [0.5, 0.6) is 23.0 Å². The second-order valence-electron chi connectivity index (χ2n) is 5.60.